The molecule has 8 heteroatoms. The van der Waals surface area contributed by atoms with E-state index in [9.17, 15) is 9.59 Å². The smallest absolute Gasteiger partial charge is 0.326 e. The largest absolute Gasteiger partial charge is 0.487 e. The highest BCUT2D eigenvalue weighted by Gasteiger charge is 2.54. The van der Waals surface area contributed by atoms with Gasteiger partial charge in [-0.1, -0.05) is 35.3 Å². The molecule has 130 valence electrons. The number of nitrogens with one attached hydrogen (secondary N) is 2. The molecule has 0 radical (unpaired) electrons. The van der Waals surface area contributed by atoms with Crippen molar-refractivity contribution in [3.05, 3.63) is 58.6 Å². The normalized spacial score (nSPS) is 17.5. The molecule has 0 bridgehead atoms. The lowest BCUT2D eigenvalue weighted by Crippen LogP contribution is -2.34. The number of halogens is 3. The average molecular weight is 444 g/mol. The quantitative estimate of drug-likeness (QED) is 0.670. The summed E-state index contributed by atoms with van der Waals surface area (Å²) in [5.74, 6) is 0.0997. The SMILES string of the molecule is O=C(NC(=O)c1ccccc1Br)Nc1ccc(OC2CC2(Cl)Cl)cc1. The first-order valence-corrected chi connectivity index (χ1v) is 8.91. The van der Waals surface area contributed by atoms with Gasteiger partial charge in [-0.15, -0.1) is 0 Å². The molecule has 0 saturated heterocycles. The predicted octanol–water partition coefficient (Wildman–Crippen LogP) is 4.74. The summed E-state index contributed by atoms with van der Waals surface area (Å²) in [6.45, 7) is 0. The van der Waals surface area contributed by atoms with Crippen molar-refractivity contribution in [3.63, 3.8) is 0 Å². The molecular weight excluding hydrogens is 431 g/mol. The molecule has 1 saturated carbocycles. The Kier molecular flexibility index (Phi) is 5.22. The van der Waals surface area contributed by atoms with Crippen LogP contribution in [0.3, 0.4) is 0 Å². The zero-order valence-electron chi connectivity index (χ0n) is 12.8. The Morgan fingerprint density at radius 1 is 1.12 bits per heavy atom. The Balaban J connectivity index is 1.54. The second-order valence-electron chi connectivity index (χ2n) is 5.48. The van der Waals surface area contributed by atoms with Crippen LogP contribution in [0.4, 0.5) is 10.5 Å². The molecule has 1 aliphatic rings. The van der Waals surface area contributed by atoms with Crippen LogP contribution in [0.25, 0.3) is 0 Å². The van der Waals surface area contributed by atoms with Gasteiger partial charge in [0.1, 0.15) is 11.9 Å². The number of anilines is 1. The van der Waals surface area contributed by atoms with Crippen LogP contribution in [-0.4, -0.2) is 22.4 Å². The first kappa shape index (κ1) is 18.0. The first-order valence-electron chi connectivity index (χ1n) is 7.36. The summed E-state index contributed by atoms with van der Waals surface area (Å²) in [5.41, 5.74) is 0.889. The maximum Gasteiger partial charge on any atom is 0.326 e. The molecule has 2 N–H and O–H groups in total. The van der Waals surface area contributed by atoms with E-state index < -0.39 is 16.3 Å². The third kappa shape index (κ3) is 4.66. The number of amides is 3. The number of benzene rings is 2. The molecule has 2 aromatic carbocycles. The van der Waals surface area contributed by atoms with Crippen molar-refractivity contribution in [2.75, 3.05) is 5.32 Å². The van der Waals surface area contributed by atoms with Gasteiger partial charge >= 0.3 is 6.03 Å². The lowest BCUT2D eigenvalue weighted by atomic mass is 10.2. The fourth-order valence-electron chi connectivity index (χ4n) is 2.08. The summed E-state index contributed by atoms with van der Waals surface area (Å²) < 4.78 is 5.38. The summed E-state index contributed by atoms with van der Waals surface area (Å²) >= 11 is 15.1. The third-order valence-corrected chi connectivity index (χ3v) is 4.99. The third-order valence-electron chi connectivity index (χ3n) is 3.50. The fourth-order valence-corrected chi connectivity index (χ4v) is 2.91. The molecule has 3 amide bonds. The highest BCUT2D eigenvalue weighted by Crippen LogP contribution is 2.49. The zero-order chi connectivity index (χ0) is 18.0. The minimum atomic E-state index is -0.817. The second kappa shape index (κ2) is 7.23. The molecule has 25 heavy (non-hydrogen) atoms. The topological polar surface area (TPSA) is 67.4 Å². The Morgan fingerprint density at radius 3 is 2.36 bits per heavy atom. The van der Waals surface area contributed by atoms with Crippen LogP contribution in [0, 0.1) is 0 Å². The fraction of sp³-hybridized carbons (Fsp3) is 0.176. The van der Waals surface area contributed by atoms with Crippen molar-refractivity contribution < 1.29 is 14.3 Å². The minimum absolute atomic E-state index is 0.222. The monoisotopic (exact) mass is 442 g/mol. The van der Waals surface area contributed by atoms with Crippen LogP contribution in [0.5, 0.6) is 5.75 Å². The van der Waals surface area contributed by atoms with Gasteiger partial charge in [0.15, 0.2) is 4.33 Å². The van der Waals surface area contributed by atoms with E-state index in [-0.39, 0.29) is 6.10 Å². The number of alkyl halides is 2. The molecule has 5 nitrogen and oxygen atoms in total. The number of carbonyl (C=O) groups excluding carboxylic acids is 2. The standard InChI is InChI=1S/C17H13BrCl2N2O3/c18-13-4-2-1-3-12(13)15(23)22-16(24)21-10-5-7-11(8-6-10)25-14-9-17(14,19)20/h1-8,14H,9H2,(H2,21,22,23,24). The lowest BCUT2D eigenvalue weighted by Gasteiger charge is -2.09. The van der Waals surface area contributed by atoms with E-state index in [0.717, 1.165) is 0 Å². The molecule has 1 aliphatic carbocycles. The summed E-state index contributed by atoms with van der Waals surface area (Å²) in [4.78, 5) is 24.0. The van der Waals surface area contributed by atoms with Crippen LogP contribution in [0.15, 0.2) is 53.0 Å². The predicted molar refractivity (Wildman–Crippen MR) is 101 cm³/mol. The van der Waals surface area contributed by atoms with Crippen molar-refractivity contribution in [2.45, 2.75) is 16.9 Å². The molecule has 1 unspecified atom stereocenters. The van der Waals surface area contributed by atoms with E-state index in [1.165, 1.54) is 0 Å². The van der Waals surface area contributed by atoms with Gasteiger partial charge in [0.2, 0.25) is 0 Å². The number of urea groups is 1. The molecular formula is C17H13BrCl2N2O3. The van der Waals surface area contributed by atoms with Crippen LogP contribution in [0.1, 0.15) is 16.8 Å². The van der Waals surface area contributed by atoms with E-state index in [2.05, 4.69) is 26.6 Å². The van der Waals surface area contributed by atoms with Gasteiger partial charge in [0.05, 0.1) is 5.56 Å². The zero-order valence-corrected chi connectivity index (χ0v) is 15.9. The van der Waals surface area contributed by atoms with Crippen LogP contribution < -0.4 is 15.4 Å². The molecule has 1 fully saturated rings. The van der Waals surface area contributed by atoms with E-state index in [1.54, 1.807) is 48.5 Å². The highest BCUT2D eigenvalue weighted by atomic mass is 79.9. The second-order valence-corrected chi connectivity index (χ2v) is 7.88. The van der Waals surface area contributed by atoms with Crippen molar-refractivity contribution in [1.82, 2.24) is 5.32 Å². The van der Waals surface area contributed by atoms with Crippen molar-refractivity contribution in [3.8, 4) is 5.75 Å². The van der Waals surface area contributed by atoms with Gasteiger partial charge in [0, 0.05) is 16.6 Å². The number of hydrogen-bond acceptors (Lipinski definition) is 3. The van der Waals surface area contributed by atoms with Gasteiger partial charge in [-0.25, -0.2) is 4.79 Å². The number of rotatable bonds is 4. The Hall–Kier alpha value is -1.76. The van der Waals surface area contributed by atoms with Crippen molar-refractivity contribution >= 4 is 56.8 Å². The first-order chi connectivity index (χ1) is 11.8. The summed E-state index contributed by atoms with van der Waals surface area (Å²) in [6, 6.07) is 12.9. The summed E-state index contributed by atoms with van der Waals surface area (Å²) in [5, 5.41) is 4.85. The van der Waals surface area contributed by atoms with Gasteiger partial charge in [-0.3, -0.25) is 10.1 Å². The maximum atomic E-state index is 12.1. The number of ether oxygens (including phenoxy) is 1. The molecule has 3 rings (SSSR count). The highest BCUT2D eigenvalue weighted by molar-refractivity contribution is 9.10. The molecule has 1 atom stereocenters. The Morgan fingerprint density at radius 2 is 1.76 bits per heavy atom. The number of imide groups is 1. The lowest BCUT2D eigenvalue weighted by molar-refractivity contribution is 0.0966. The number of hydrogen-bond donors (Lipinski definition) is 2. The Bertz CT molecular complexity index is 812. The van der Waals surface area contributed by atoms with Gasteiger partial charge in [0.25, 0.3) is 5.91 Å². The van der Waals surface area contributed by atoms with Gasteiger partial charge in [-0.2, -0.15) is 0 Å². The maximum absolute atomic E-state index is 12.1. The summed E-state index contributed by atoms with van der Waals surface area (Å²) in [6.07, 6.45) is 0.357. The molecule has 0 heterocycles. The molecule has 2 aromatic rings. The average Bonchev–Trinajstić information content (AvgIpc) is 3.15. The van der Waals surface area contributed by atoms with E-state index in [1.807, 2.05) is 0 Å². The summed E-state index contributed by atoms with van der Waals surface area (Å²) in [7, 11) is 0. The van der Waals surface area contributed by atoms with Crippen LogP contribution in [-0.2, 0) is 0 Å². The molecule has 0 aromatic heterocycles. The van der Waals surface area contributed by atoms with E-state index in [4.69, 9.17) is 27.9 Å². The number of carbonyl (C=O) groups is 2. The van der Waals surface area contributed by atoms with Gasteiger partial charge in [-0.05, 0) is 52.3 Å². The van der Waals surface area contributed by atoms with Crippen LogP contribution >= 0.6 is 39.1 Å². The van der Waals surface area contributed by atoms with Crippen LogP contribution in [0.2, 0.25) is 0 Å². The van der Waals surface area contributed by atoms with Crippen molar-refractivity contribution in [1.29, 1.82) is 0 Å². The van der Waals surface area contributed by atoms with E-state index >= 15 is 0 Å². The minimum Gasteiger partial charge on any atom is -0.487 e. The molecule has 0 aliphatic heterocycles. The Labute approximate surface area is 162 Å². The van der Waals surface area contributed by atoms with E-state index in [0.29, 0.717) is 27.9 Å². The van der Waals surface area contributed by atoms with Crippen molar-refractivity contribution in [2.24, 2.45) is 0 Å². The molecule has 0 spiro atoms. The van der Waals surface area contributed by atoms with Gasteiger partial charge < -0.3 is 10.1 Å².